The van der Waals surface area contributed by atoms with Crippen LogP contribution in [0.5, 0.6) is 0 Å². The van der Waals surface area contributed by atoms with Gasteiger partial charge in [-0.3, -0.25) is 4.90 Å². The molecule has 0 aliphatic carbocycles. The Hall–Kier alpha value is -2.49. The first-order chi connectivity index (χ1) is 10.8. The third kappa shape index (κ3) is 3.31. The maximum atomic E-state index is 12.3. The lowest BCUT2D eigenvalue weighted by molar-refractivity contribution is 0.0242. The Balaban J connectivity index is 1.92. The Morgan fingerprint density at radius 1 is 1.13 bits per heavy atom. The number of nitrogens with zero attached hydrogens (tertiary/aromatic N) is 1. The Bertz CT molecular complexity index is 733. The zero-order valence-electron chi connectivity index (χ0n) is 13.8. The average molecular weight is 310 g/mol. The number of carbonyl (C=O) groups excluding carboxylic acids is 1. The van der Waals surface area contributed by atoms with Gasteiger partial charge in [0.2, 0.25) is 0 Å². The quantitative estimate of drug-likeness (QED) is 0.804. The van der Waals surface area contributed by atoms with Crippen molar-refractivity contribution in [1.82, 2.24) is 4.90 Å². The maximum absolute atomic E-state index is 12.3. The summed E-state index contributed by atoms with van der Waals surface area (Å²) in [6.07, 6.45) is -0.286. The van der Waals surface area contributed by atoms with E-state index >= 15 is 0 Å². The van der Waals surface area contributed by atoms with E-state index in [1.54, 1.807) is 4.90 Å². The average Bonchev–Trinajstić information content (AvgIpc) is 2.89. The number of ether oxygens (including phenoxy) is 1. The number of hydrogen-bond donors (Lipinski definition) is 1. The molecule has 1 aliphatic heterocycles. The number of amides is 1. The second kappa shape index (κ2) is 5.61. The smallest absolute Gasteiger partial charge is 0.410 e. The summed E-state index contributed by atoms with van der Waals surface area (Å²) >= 11 is 0. The Morgan fingerprint density at radius 3 is 2.48 bits per heavy atom. The zero-order valence-corrected chi connectivity index (χ0v) is 13.8. The standard InChI is InChI=1S/C19H22N2O2/c1-19(2,3)23-18(22)21-11-14-9-15(20)10-16(17(14)12-21)13-7-5-4-6-8-13/h4-10H,11-12,20H2,1-3H3. The van der Waals surface area contributed by atoms with Crippen LogP contribution in [0.1, 0.15) is 31.9 Å². The maximum Gasteiger partial charge on any atom is 0.410 e. The molecule has 0 bridgehead atoms. The van der Waals surface area contributed by atoms with Crippen LogP contribution in [-0.4, -0.2) is 16.6 Å². The molecule has 0 saturated heterocycles. The minimum Gasteiger partial charge on any atom is -0.444 e. The van der Waals surface area contributed by atoms with Crippen LogP contribution >= 0.6 is 0 Å². The Kier molecular flexibility index (Phi) is 3.76. The van der Waals surface area contributed by atoms with E-state index in [4.69, 9.17) is 10.5 Å². The van der Waals surface area contributed by atoms with E-state index in [-0.39, 0.29) is 6.09 Å². The van der Waals surface area contributed by atoms with Gasteiger partial charge in [0.15, 0.2) is 0 Å². The molecule has 0 atom stereocenters. The van der Waals surface area contributed by atoms with E-state index in [9.17, 15) is 4.79 Å². The number of hydrogen-bond acceptors (Lipinski definition) is 3. The highest BCUT2D eigenvalue weighted by Crippen LogP contribution is 2.35. The van der Waals surface area contributed by atoms with Crippen molar-refractivity contribution in [3.05, 3.63) is 53.6 Å². The largest absolute Gasteiger partial charge is 0.444 e. The van der Waals surface area contributed by atoms with Gasteiger partial charge >= 0.3 is 6.09 Å². The highest BCUT2D eigenvalue weighted by molar-refractivity contribution is 5.76. The SMILES string of the molecule is CC(C)(C)OC(=O)N1Cc2cc(N)cc(-c3ccccc3)c2C1. The van der Waals surface area contributed by atoms with Gasteiger partial charge in [0.05, 0.1) is 6.54 Å². The molecular weight excluding hydrogens is 288 g/mol. The number of carbonyl (C=O) groups is 1. The number of nitrogen functional groups attached to an aromatic ring is 1. The summed E-state index contributed by atoms with van der Waals surface area (Å²) in [7, 11) is 0. The van der Waals surface area contributed by atoms with Gasteiger partial charge in [-0.05, 0) is 55.2 Å². The number of anilines is 1. The highest BCUT2D eigenvalue weighted by Gasteiger charge is 2.29. The molecule has 4 nitrogen and oxygen atoms in total. The van der Waals surface area contributed by atoms with Crippen LogP contribution < -0.4 is 5.73 Å². The van der Waals surface area contributed by atoms with Crippen molar-refractivity contribution in [2.45, 2.75) is 39.5 Å². The Morgan fingerprint density at radius 2 is 1.83 bits per heavy atom. The van der Waals surface area contributed by atoms with Crippen LogP contribution in [0.25, 0.3) is 11.1 Å². The molecule has 0 spiro atoms. The van der Waals surface area contributed by atoms with Crippen molar-refractivity contribution >= 4 is 11.8 Å². The van der Waals surface area contributed by atoms with Crippen LogP contribution in [0.3, 0.4) is 0 Å². The van der Waals surface area contributed by atoms with E-state index in [0.29, 0.717) is 18.8 Å². The molecule has 2 N–H and O–H groups in total. The lowest BCUT2D eigenvalue weighted by atomic mass is 9.96. The molecule has 120 valence electrons. The highest BCUT2D eigenvalue weighted by atomic mass is 16.6. The summed E-state index contributed by atoms with van der Waals surface area (Å²) < 4.78 is 5.48. The number of fused-ring (bicyclic) bond motifs is 1. The molecule has 2 aromatic rings. The summed E-state index contributed by atoms with van der Waals surface area (Å²) in [4.78, 5) is 14.1. The lowest BCUT2D eigenvalue weighted by Crippen LogP contribution is -2.33. The second-order valence-electron chi connectivity index (χ2n) is 6.91. The number of rotatable bonds is 1. The van der Waals surface area contributed by atoms with Gasteiger partial charge in [-0.15, -0.1) is 0 Å². The molecule has 0 aromatic heterocycles. The fourth-order valence-corrected chi connectivity index (χ4v) is 2.87. The predicted molar refractivity (Wildman–Crippen MR) is 91.8 cm³/mol. The molecule has 23 heavy (non-hydrogen) atoms. The van der Waals surface area contributed by atoms with Crippen LogP contribution in [0, 0.1) is 0 Å². The first-order valence-corrected chi connectivity index (χ1v) is 7.78. The first kappa shape index (κ1) is 15.4. The molecule has 0 radical (unpaired) electrons. The van der Waals surface area contributed by atoms with Gasteiger partial charge < -0.3 is 10.5 Å². The van der Waals surface area contributed by atoms with E-state index < -0.39 is 5.60 Å². The molecule has 4 heteroatoms. The molecule has 3 rings (SSSR count). The molecule has 1 heterocycles. The van der Waals surface area contributed by atoms with Gasteiger partial charge in [-0.2, -0.15) is 0 Å². The van der Waals surface area contributed by atoms with Crippen LogP contribution in [0.2, 0.25) is 0 Å². The van der Waals surface area contributed by atoms with Gasteiger partial charge in [-0.25, -0.2) is 4.79 Å². The van der Waals surface area contributed by atoms with E-state index in [1.165, 1.54) is 0 Å². The van der Waals surface area contributed by atoms with E-state index in [0.717, 1.165) is 22.3 Å². The van der Waals surface area contributed by atoms with Gasteiger partial charge in [0.25, 0.3) is 0 Å². The molecule has 0 unspecified atom stereocenters. The van der Waals surface area contributed by atoms with Gasteiger partial charge in [0.1, 0.15) is 5.60 Å². The van der Waals surface area contributed by atoms with Crippen LogP contribution in [0.15, 0.2) is 42.5 Å². The first-order valence-electron chi connectivity index (χ1n) is 7.78. The van der Waals surface area contributed by atoms with Crippen molar-refractivity contribution in [2.75, 3.05) is 5.73 Å². The van der Waals surface area contributed by atoms with Crippen molar-refractivity contribution in [3.8, 4) is 11.1 Å². The molecule has 0 saturated carbocycles. The third-order valence-electron chi connectivity index (χ3n) is 3.81. The zero-order chi connectivity index (χ0) is 16.6. The monoisotopic (exact) mass is 310 g/mol. The van der Waals surface area contributed by atoms with Crippen LogP contribution in [0.4, 0.5) is 10.5 Å². The Labute approximate surface area is 136 Å². The topological polar surface area (TPSA) is 55.6 Å². The molecular formula is C19H22N2O2. The lowest BCUT2D eigenvalue weighted by Gasteiger charge is -2.24. The van der Waals surface area contributed by atoms with E-state index in [1.807, 2.05) is 51.1 Å². The van der Waals surface area contributed by atoms with Crippen molar-refractivity contribution in [2.24, 2.45) is 0 Å². The third-order valence-corrected chi connectivity index (χ3v) is 3.81. The molecule has 2 aromatic carbocycles. The summed E-state index contributed by atoms with van der Waals surface area (Å²) in [6, 6.07) is 14.1. The summed E-state index contributed by atoms with van der Waals surface area (Å²) in [5.41, 5.74) is 10.7. The molecule has 1 aliphatic rings. The second-order valence-corrected chi connectivity index (χ2v) is 6.91. The van der Waals surface area contributed by atoms with Gasteiger partial charge in [-0.1, -0.05) is 30.3 Å². The van der Waals surface area contributed by atoms with Crippen molar-refractivity contribution in [1.29, 1.82) is 0 Å². The van der Waals surface area contributed by atoms with Crippen molar-refractivity contribution in [3.63, 3.8) is 0 Å². The summed E-state index contributed by atoms with van der Waals surface area (Å²) in [5.74, 6) is 0. The molecule has 0 fully saturated rings. The number of nitrogens with two attached hydrogens (primary N) is 1. The minimum atomic E-state index is -0.493. The normalized spacial score (nSPS) is 13.8. The van der Waals surface area contributed by atoms with Crippen LogP contribution in [-0.2, 0) is 17.8 Å². The minimum absolute atomic E-state index is 0.286. The fraction of sp³-hybridized carbons (Fsp3) is 0.316. The number of benzene rings is 2. The van der Waals surface area contributed by atoms with Crippen molar-refractivity contribution < 1.29 is 9.53 Å². The van der Waals surface area contributed by atoms with E-state index in [2.05, 4.69) is 12.1 Å². The predicted octanol–water partition coefficient (Wildman–Crippen LogP) is 4.19. The summed E-state index contributed by atoms with van der Waals surface area (Å²) in [6.45, 7) is 6.72. The summed E-state index contributed by atoms with van der Waals surface area (Å²) in [5, 5.41) is 0. The molecule has 1 amide bonds. The fourth-order valence-electron chi connectivity index (χ4n) is 2.87. The van der Waals surface area contributed by atoms with Gasteiger partial charge in [0, 0.05) is 12.2 Å².